The first-order valence-corrected chi connectivity index (χ1v) is 6.95. The Bertz CT molecular complexity index is 453. The molecule has 1 aliphatic rings. The monoisotopic (exact) mass is 284 g/mol. The zero-order chi connectivity index (χ0) is 14.7. The number of hydrogen-bond donors (Lipinski definition) is 1. The molecule has 0 amide bonds. The summed E-state index contributed by atoms with van der Waals surface area (Å²) in [5, 5.41) is 9.41. The molecule has 3 nitrogen and oxygen atoms in total. The Morgan fingerprint density at radius 3 is 2.70 bits per heavy atom. The molecular weight excluding hydrogens is 262 g/mol. The minimum absolute atomic E-state index is 0.182. The molecule has 1 N–H and O–H groups in total. The molecule has 2 atom stereocenters. The molecule has 20 heavy (non-hydrogen) atoms. The Balaban J connectivity index is 2.03. The molecule has 1 aliphatic heterocycles. The lowest BCUT2D eigenvalue weighted by Crippen LogP contribution is -2.51. The normalized spacial score (nSPS) is 24.3. The van der Waals surface area contributed by atoms with Crippen molar-refractivity contribution in [1.82, 2.24) is 9.80 Å². The van der Waals surface area contributed by atoms with Gasteiger partial charge in [0, 0.05) is 37.4 Å². The molecule has 0 unspecified atom stereocenters. The number of halogens is 2. The van der Waals surface area contributed by atoms with Crippen LogP contribution < -0.4 is 0 Å². The van der Waals surface area contributed by atoms with Crippen LogP contribution in [0.5, 0.6) is 0 Å². The Hall–Kier alpha value is -1.04. The molecule has 0 saturated carbocycles. The van der Waals surface area contributed by atoms with E-state index in [0.717, 1.165) is 25.6 Å². The third kappa shape index (κ3) is 3.53. The lowest BCUT2D eigenvalue weighted by molar-refractivity contribution is 0.0456. The summed E-state index contributed by atoms with van der Waals surface area (Å²) >= 11 is 0. The van der Waals surface area contributed by atoms with E-state index in [1.807, 2.05) is 14.1 Å². The topological polar surface area (TPSA) is 26.7 Å². The average molecular weight is 284 g/mol. The number of nitrogens with zero attached hydrogens (tertiary/aromatic N) is 2. The number of aliphatic hydroxyl groups excluding tert-OH is 1. The van der Waals surface area contributed by atoms with Crippen molar-refractivity contribution >= 4 is 0 Å². The fourth-order valence-corrected chi connectivity index (χ4v) is 2.88. The molecule has 1 heterocycles. The number of hydrogen-bond acceptors (Lipinski definition) is 3. The number of likely N-dealkylation sites (N-methyl/N-ethyl adjacent to an activating group) is 1. The standard InChI is InChI=1S/C15H22F2N2O/c1-18(2)15-9-19(6-5-12(15)10-20)8-11-3-4-13(16)7-14(11)17/h3-4,7,12,15,20H,5-6,8-10H2,1-2H3/t12-,15-/m1/s1. The molecule has 1 aromatic rings. The lowest BCUT2D eigenvalue weighted by atomic mass is 9.91. The van der Waals surface area contributed by atoms with Crippen LogP contribution >= 0.6 is 0 Å². The van der Waals surface area contributed by atoms with Crippen molar-refractivity contribution in [3.05, 3.63) is 35.4 Å². The predicted octanol–water partition coefficient (Wildman–Crippen LogP) is 1.71. The maximum absolute atomic E-state index is 13.7. The number of piperidine rings is 1. The average Bonchev–Trinajstić information content (AvgIpc) is 2.41. The van der Waals surface area contributed by atoms with Crippen molar-refractivity contribution < 1.29 is 13.9 Å². The maximum Gasteiger partial charge on any atom is 0.130 e. The molecule has 0 spiro atoms. The molecule has 112 valence electrons. The first-order valence-electron chi connectivity index (χ1n) is 6.95. The van der Waals surface area contributed by atoms with Crippen LogP contribution in [0.25, 0.3) is 0 Å². The third-order valence-electron chi connectivity index (χ3n) is 4.11. The van der Waals surface area contributed by atoms with Gasteiger partial charge in [-0.2, -0.15) is 0 Å². The highest BCUT2D eigenvalue weighted by Crippen LogP contribution is 2.23. The van der Waals surface area contributed by atoms with Gasteiger partial charge < -0.3 is 10.0 Å². The van der Waals surface area contributed by atoms with Gasteiger partial charge in [-0.1, -0.05) is 6.07 Å². The Kier molecular flexibility index (Phi) is 5.07. The Morgan fingerprint density at radius 2 is 2.10 bits per heavy atom. The summed E-state index contributed by atoms with van der Waals surface area (Å²) in [6, 6.07) is 3.99. The van der Waals surface area contributed by atoms with E-state index in [4.69, 9.17) is 0 Å². The van der Waals surface area contributed by atoms with Crippen LogP contribution in [0, 0.1) is 17.6 Å². The van der Waals surface area contributed by atoms with Crippen LogP contribution in [-0.2, 0) is 6.54 Å². The van der Waals surface area contributed by atoms with Crippen LogP contribution in [0.15, 0.2) is 18.2 Å². The maximum atomic E-state index is 13.7. The van der Waals surface area contributed by atoms with Crippen molar-refractivity contribution in [3.8, 4) is 0 Å². The smallest absolute Gasteiger partial charge is 0.130 e. The van der Waals surface area contributed by atoms with Crippen LogP contribution in [-0.4, -0.2) is 54.7 Å². The minimum atomic E-state index is -0.545. The van der Waals surface area contributed by atoms with Gasteiger partial charge in [-0.05, 0) is 39.0 Å². The first kappa shape index (κ1) is 15.4. The number of benzene rings is 1. The van der Waals surface area contributed by atoms with Gasteiger partial charge >= 0.3 is 0 Å². The van der Waals surface area contributed by atoms with Gasteiger partial charge in [0.15, 0.2) is 0 Å². The van der Waals surface area contributed by atoms with Gasteiger partial charge in [0.25, 0.3) is 0 Å². The summed E-state index contributed by atoms with van der Waals surface area (Å²) in [5.41, 5.74) is 0.520. The summed E-state index contributed by atoms with van der Waals surface area (Å²) in [4.78, 5) is 4.27. The Morgan fingerprint density at radius 1 is 1.35 bits per heavy atom. The highest BCUT2D eigenvalue weighted by molar-refractivity contribution is 5.18. The van der Waals surface area contributed by atoms with E-state index in [-0.39, 0.29) is 18.6 Å². The molecule has 0 radical (unpaired) electrons. The lowest BCUT2D eigenvalue weighted by Gasteiger charge is -2.41. The van der Waals surface area contributed by atoms with Gasteiger partial charge in [0.2, 0.25) is 0 Å². The second kappa shape index (κ2) is 6.61. The molecule has 1 saturated heterocycles. The van der Waals surface area contributed by atoms with Crippen LogP contribution in [0.4, 0.5) is 8.78 Å². The Labute approximate surface area is 118 Å². The van der Waals surface area contributed by atoms with Gasteiger partial charge in [-0.15, -0.1) is 0 Å². The molecule has 0 bridgehead atoms. The van der Waals surface area contributed by atoms with E-state index in [1.165, 1.54) is 12.1 Å². The highest BCUT2D eigenvalue weighted by Gasteiger charge is 2.30. The molecule has 5 heteroatoms. The SMILES string of the molecule is CN(C)[C@@H]1CN(Cc2ccc(F)cc2F)CC[C@@H]1CO. The highest BCUT2D eigenvalue weighted by atomic mass is 19.1. The summed E-state index contributed by atoms with van der Waals surface area (Å²) < 4.78 is 26.6. The summed E-state index contributed by atoms with van der Waals surface area (Å²) in [6.45, 7) is 2.28. The van der Waals surface area contributed by atoms with Gasteiger partial charge in [0.1, 0.15) is 11.6 Å². The fraction of sp³-hybridized carbons (Fsp3) is 0.600. The summed E-state index contributed by atoms with van der Waals surface area (Å²) in [5.74, 6) is -0.772. The minimum Gasteiger partial charge on any atom is -0.396 e. The quantitative estimate of drug-likeness (QED) is 0.912. The van der Waals surface area contributed by atoms with Crippen molar-refractivity contribution in [2.45, 2.75) is 19.0 Å². The molecular formula is C15H22F2N2O. The van der Waals surface area contributed by atoms with Gasteiger partial charge in [0.05, 0.1) is 0 Å². The second-order valence-electron chi connectivity index (χ2n) is 5.73. The fourth-order valence-electron chi connectivity index (χ4n) is 2.88. The van der Waals surface area contributed by atoms with Gasteiger partial charge in [-0.3, -0.25) is 4.90 Å². The summed E-state index contributed by atoms with van der Waals surface area (Å²) in [6.07, 6.45) is 0.891. The number of aliphatic hydroxyl groups is 1. The second-order valence-corrected chi connectivity index (χ2v) is 5.73. The van der Waals surface area contributed by atoms with E-state index in [2.05, 4.69) is 9.80 Å². The van der Waals surface area contributed by atoms with Crippen LogP contribution in [0.3, 0.4) is 0 Å². The van der Waals surface area contributed by atoms with E-state index in [0.29, 0.717) is 12.1 Å². The molecule has 0 aliphatic carbocycles. The predicted molar refractivity (Wildman–Crippen MR) is 74.3 cm³/mol. The summed E-state index contributed by atoms with van der Waals surface area (Å²) in [7, 11) is 3.99. The van der Waals surface area contributed by atoms with E-state index in [9.17, 15) is 13.9 Å². The zero-order valence-electron chi connectivity index (χ0n) is 12.0. The molecule has 1 fully saturated rings. The zero-order valence-corrected chi connectivity index (χ0v) is 12.0. The molecule has 1 aromatic carbocycles. The molecule has 0 aromatic heterocycles. The largest absolute Gasteiger partial charge is 0.396 e. The first-order chi connectivity index (χ1) is 9.51. The molecule has 2 rings (SSSR count). The number of rotatable bonds is 4. The number of likely N-dealkylation sites (tertiary alicyclic amines) is 1. The third-order valence-corrected chi connectivity index (χ3v) is 4.11. The van der Waals surface area contributed by atoms with Crippen molar-refractivity contribution in [2.75, 3.05) is 33.8 Å². The van der Waals surface area contributed by atoms with Gasteiger partial charge in [-0.25, -0.2) is 8.78 Å². The van der Waals surface area contributed by atoms with Crippen molar-refractivity contribution in [1.29, 1.82) is 0 Å². The van der Waals surface area contributed by atoms with Crippen molar-refractivity contribution in [2.24, 2.45) is 5.92 Å². The van der Waals surface area contributed by atoms with E-state index in [1.54, 1.807) is 0 Å². The van der Waals surface area contributed by atoms with E-state index >= 15 is 0 Å². The van der Waals surface area contributed by atoms with Crippen LogP contribution in [0.2, 0.25) is 0 Å². The van der Waals surface area contributed by atoms with Crippen LogP contribution in [0.1, 0.15) is 12.0 Å². The van der Waals surface area contributed by atoms with E-state index < -0.39 is 11.6 Å². The van der Waals surface area contributed by atoms with Crippen molar-refractivity contribution in [3.63, 3.8) is 0 Å².